The van der Waals surface area contributed by atoms with E-state index in [2.05, 4.69) is 0 Å². The number of carbonyl (C=O) groups is 2. The average Bonchev–Trinajstić information content (AvgIpc) is 3.19. The normalized spacial score (nSPS) is 28.1. The topological polar surface area (TPSA) is 65.1 Å². The lowest BCUT2D eigenvalue weighted by molar-refractivity contribution is -0.134. The van der Waals surface area contributed by atoms with Gasteiger partial charge in [-0.25, -0.2) is 4.79 Å². The van der Waals surface area contributed by atoms with Crippen LogP contribution in [0.3, 0.4) is 0 Å². The average molecular weight is 373 g/mol. The van der Waals surface area contributed by atoms with Crippen LogP contribution in [0, 0.1) is 5.92 Å². The summed E-state index contributed by atoms with van der Waals surface area (Å²) in [7, 11) is 0. The second-order valence-corrected chi connectivity index (χ2v) is 7.70. The number of ether oxygens (including phenoxy) is 3. The van der Waals surface area contributed by atoms with Crippen LogP contribution >= 0.6 is 0 Å². The predicted molar refractivity (Wildman–Crippen MR) is 97.9 cm³/mol. The summed E-state index contributed by atoms with van der Waals surface area (Å²) in [5, 5.41) is 0. The minimum atomic E-state index is -0.383. The van der Waals surface area contributed by atoms with E-state index < -0.39 is 0 Å². The third kappa shape index (κ3) is 4.33. The van der Waals surface area contributed by atoms with Gasteiger partial charge >= 0.3 is 6.09 Å². The van der Waals surface area contributed by atoms with Gasteiger partial charge in [-0.1, -0.05) is 30.3 Å². The molecule has 3 heterocycles. The molecule has 6 heteroatoms. The van der Waals surface area contributed by atoms with Crippen molar-refractivity contribution in [3.05, 3.63) is 35.9 Å². The van der Waals surface area contributed by atoms with E-state index in [0.29, 0.717) is 19.6 Å². The van der Waals surface area contributed by atoms with Gasteiger partial charge in [0, 0.05) is 18.0 Å². The van der Waals surface area contributed by atoms with Gasteiger partial charge in [-0.3, -0.25) is 4.79 Å². The molecular formula is C21H27NO5. The van der Waals surface area contributed by atoms with Gasteiger partial charge in [-0.05, 0) is 37.7 Å². The lowest BCUT2D eigenvalue weighted by Crippen LogP contribution is -2.55. The SMILES string of the molecule is O=C(CC1OCCO1)C1CC2CCCC(C1)N2C(=O)OCc1ccccc1. The van der Waals surface area contributed by atoms with Crippen LogP contribution in [-0.2, 0) is 25.6 Å². The van der Waals surface area contributed by atoms with Crippen molar-refractivity contribution in [3.63, 3.8) is 0 Å². The van der Waals surface area contributed by atoms with Crippen LogP contribution in [0.1, 0.15) is 44.1 Å². The van der Waals surface area contributed by atoms with Gasteiger partial charge in [-0.2, -0.15) is 0 Å². The lowest BCUT2D eigenvalue weighted by atomic mass is 9.76. The first-order valence-corrected chi connectivity index (χ1v) is 9.95. The maximum absolute atomic E-state index is 12.7. The molecule has 2 atom stereocenters. The second kappa shape index (κ2) is 8.40. The van der Waals surface area contributed by atoms with Gasteiger partial charge in [-0.15, -0.1) is 0 Å². The van der Waals surface area contributed by atoms with E-state index >= 15 is 0 Å². The molecule has 3 aliphatic rings. The highest BCUT2D eigenvalue weighted by Crippen LogP contribution is 2.38. The van der Waals surface area contributed by atoms with Crippen molar-refractivity contribution in [1.29, 1.82) is 0 Å². The molecule has 1 aromatic rings. The van der Waals surface area contributed by atoms with Gasteiger partial charge in [0.05, 0.1) is 19.6 Å². The zero-order valence-electron chi connectivity index (χ0n) is 15.5. The fourth-order valence-electron chi connectivity index (χ4n) is 4.59. The first kappa shape index (κ1) is 18.4. The van der Waals surface area contributed by atoms with Crippen LogP contribution in [0.5, 0.6) is 0 Å². The molecule has 1 amide bonds. The highest BCUT2D eigenvalue weighted by molar-refractivity contribution is 5.82. The molecule has 27 heavy (non-hydrogen) atoms. The van der Waals surface area contributed by atoms with Crippen molar-refractivity contribution in [2.24, 2.45) is 5.92 Å². The van der Waals surface area contributed by atoms with Crippen LogP contribution in [0.4, 0.5) is 4.79 Å². The largest absolute Gasteiger partial charge is 0.445 e. The first-order chi connectivity index (χ1) is 13.2. The number of hydrogen-bond acceptors (Lipinski definition) is 5. The Balaban J connectivity index is 1.35. The fraction of sp³-hybridized carbons (Fsp3) is 0.619. The quantitative estimate of drug-likeness (QED) is 0.792. The van der Waals surface area contributed by atoms with Gasteiger partial charge in [0.25, 0.3) is 0 Å². The Morgan fingerprint density at radius 2 is 1.70 bits per heavy atom. The highest BCUT2D eigenvalue weighted by atomic mass is 16.7. The third-order valence-electron chi connectivity index (χ3n) is 5.90. The molecule has 4 rings (SSSR count). The van der Waals surface area contributed by atoms with Gasteiger partial charge in [0.15, 0.2) is 6.29 Å². The smallest absolute Gasteiger partial charge is 0.410 e. The number of amides is 1. The standard InChI is InChI=1S/C21H27NO5/c23-19(13-20-25-9-10-26-20)16-11-17-7-4-8-18(12-16)22(17)21(24)27-14-15-5-2-1-3-6-15/h1-3,5-6,16-18,20H,4,7-14H2. The number of nitrogens with zero attached hydrogens (tertiary/aromatic N) is 1. The summed E-state index contributed by atoms with van der Waals surface area (Å²) in [6.45, 7) is 1.41. The zero-order chi connectivity index (χ0) is 18.6. The van der Waals surface area contributed by atoms with Crippen LogP contribution < -0.4 is 0 Å². The molecular weight excluding hydrogens is 346 g/mol. The number of piperidine rings is 2. The van der Waals surface area contributed by atoms with Crippen molar-refractivity contribution in [3.8, 4) is 0 Å². The van der Waals surface area contributed by atoms with Crippen LogP contribution in [-0.4, -0.2) is 48.4 Å². The highest BCUT2D eigenvalue weighted by Gasteiger charge is 2.43. The Morgan fingerprint density at radius 1 is 1.04 bits per heavy atom. The number of rotatable bonds is 5. The minimum Gasteiger partial charge on any atom is -0.445 e. The molecule has 3 saturated heterocycles. The summed E-state index contributed by atoms with van der Waals surface area (Å²) >= 11 is 0. The Bertz CT molecular complexity index is 644. The molecule has 3 aliphatic heterocycles. The molecule has 0 aromatic heterocycles. The number of ketones is 1. The first-order valence-electron chi connectivity index (χ1n) is 9.95. The monoisotopic (exact) mass is 373 g/mol. The number of fused-ring (bicyclic) bond motifs is 2. The Labute approximate surface area is 159 Å². The maximum atomic E-state index is 12.7. The molecule has 2 bridgehead atoms. The van der Waals surface area contributed by atoms with Gasteiger partial charge in [0.2, 0.25) is 0 Å². The van der Waals surface area contributed by atoms with Crippen molar-refractivity contribution in [2.75, 3.05) is 13.2 Å². The van der Waals surface area contributed by atoms with E-state index in [0.717, 1.165) is 37.7 Å². The Hall–Kier alpha value is -1.92. The molecule has 1 aromatic carbocycles. The second-order valence-electron chi connectivity index (χ2n) is 7.70. The number of Topliss-reactive ketones (excluding diaryl/α,β-unsaturated/α-hetero) is 1. The zero-order valence-corrected chi connectivity index (χ0v) is 15.5. The van der Waals surface area contributed by atoms with E-state index in [9.17, 15) is 9.59 Å². The van der Waals surface area contributed by atoms with E-state index in [1.165, 1.54) is 0 Å². The van der Waals surface area contributed by atoms with E-state index in [4.69, 9.17) is 14.2 Å². The Morgan fingerprint density at radius 3 is 2.37 bits per heavy atom. The van der Waals surface area contributed by atoms with E-state index in [1.54, 1.807) is 0 Å². The summed E-state index contributed by atoms with van der Waals surface area (Å²) in [6, 6.07) is 9.91. The number of carbonyl (C=O) groups excluding carboxylic acids is 2. The molecule has 0 spiro atoms. The molecule has 0 N–H and O–H groups in total. The summed E-state index contributed by atoms with van der Waals surface area (Å²) in [4.78, 5) is 27.3. The maximum Gasteiger partial charge on any atom is 0.410 e. The molecule has 0 radical (unpaired) electrons. The van der Waals surface area contributed by atoms with E-state index in [1.807, 2.05) is 35.2 Å². The van der Waals surface area contributed by atoms with Crippen LogP contribution in [0.25, 0.3) is 0 Å². The van der Waals surface area contributed by atoms with Crippen molar-refractivity contribution in [1.82, 2.24) is 4.90 Å². The predicted octanol–water partition coefficient (Wildman–Crippen LogP) is 3.29. The molecule has 0 saturated carbocycles. The lowest BCUT2D eigenvalue weighted by Gasteiger charge is -2.47. The van der Waals surface area contributed by atoms with Crippen molar-refractivity contribution in [2.45, 2.75) is 63.5 Å². The van der Waals surface area contributed by atoms with Crippen LogP contribution in [0.2, 0.25) is 0 Å². The van der Waals surface area contributed by atoms with E-state index in [-0.39, 0.29) is 42.8 Å². The van der Waals surface area contributed by atoms with Crippen molar-refractivity contribution < 1.29 is 23.8 Å². The summed E-state index contributed by atoms with van der Waals surface area (Å²) in [5.74, 6) is 0.197. The molecule has 0 aliphatic carbocycles. The van der Waals surface area contributed by atoms with Gasteiger partial charge in [0.1, 0.15) is 12.4 Å². The molecule has 3 fully saturated rings. The summed E-state index contributed by atoms with van der Waals surface area (Å²) in [5.41, 5.74) is 0.984. The molecule has 6 nitrogen and oxygen atoms in total. The number of benzene rings is 1. The molecule has 146 valence electrons. The Kier molecular flexibility index (Phi) is 5.74. The van der Waals surface area contributed by atoms with Crippen molar-refractivity contribution >= 4 is 11.9 Å². The number of hydrogen-bond donors (Lipinski definition) is 0. The minimum absolute atomic E-state index is 0.00808. The third-order valence-corrected chi connectivity index (χ3v) is 5.90. The summed E-state index contributed by atoms with van der Waals surface area (Å²) in [6.07, 6.45) is 4.13. The fourth-order valence-corrected chi connectivity index (χ4v) is 4.59. The molecule has 2 unspecified atom stereocenters. The van der Waals surface area contributed by atoms with Crippen LogP contribution in [0.15, 0.2) is 30.3 Å². The summed E-state index contributed by atoms with van der Waals surface area (Å²) < 4.78 is 16.4. The van der Waals surface area contributed by atoms with Gasteiger partial charge < -0.3 is 19.1 Å².